The number of rotatable bonds is 4. The molecular weight excluding hydrogens is 316 g/mol. The van der Waals surface area contributed by atoms with Crippen LogP contribution in [0.25, 0.3) is 0 Å². The molecule has 1 aliphatic heterocycles. The van der Waals surface area contributed by atoms with E-state index < -0.39 is 23.8 Å². The van der Waals surface area contributed by atoms with Crippen molar-refractivity contribution >= 4 is 23.3 Å². The number of likely N-dealkylation sites (tertiary alicyclic amines) is 1. The first-order valence-corrected chi connectivity index (χ1v) is 8.62. The van der Waals surface area contributed by atoms with Gasteiger partial charge in [-0.3, -0.25) is 14.5 Å². The molecule has 1 aromatic heterocycles. The number of aliphatic carboxylic acids is 1. The van der Waals surface area contributed by atoms with Gasteiger partial charge in [0, 0.05) is 6.54 Å². The molecule has 3 N–H and O–H groups in total. The third-order valence-corrected chi connectivity index (χ3v) is 4.55. The Kier molecular flexibility index (Phi) is 5.44. The zero-order valence-corrected chi connectivity index (χ0v) is 14.5. The Hall–Kier alpha value is -1.44. The van der Waals surface area contributed by atoms with Crippen LogP contribution in [-0.4, -0.2) is 40.3 Å². The van der Waals surface area contributed by atoms with Crippen molar-refractivity contribution in [3.63, 3.8) is 0 Å². The third kappa shape index (κ3) is 4.53. The number of hydrogen-bond donors (Lipinski definition) is 2. The molecule has 0 saturated carbocycles. The molecule has 6 nitrogen and oxygen atoms in total. The fourth-order valence-corrected chi connectivity index (χ4v) is 3.52. The van der Waals surface area contributed by atoms with Crippen LogP contribution in [0, 0.1) is 5.92 Å². The molecular formula is C16H24N2O4S. The van der Waals surface area contributed by atoms with Crippen molar-refractivity contribution in [3.05, 3.63) is 22.4 Å². The number of thiophene rings is 1. The van der Waals surface area contributed by atoms with Gasteiger partial charge in [-0.2, -0.15) is 11.3 Å². The van der Waals surface area contributed by atoms with Crippen LogP contribution in [0.3, 0.4) is 0 Å². The average Bonchev–Trinajstić information content (AvgIpc) is 2.92. The fraction of sp³-hybridized carbons (Fsp3) is 0.625. The lowest BCUT2D eigenvalue weighted by molar-refractivity contribution is -0.163. The average molecular weight is 340 g/mol. The second-order valence-electron chi connectivity index (χ2n) is 6.86. The Labute approximate surface area is 140 Å². The van der Waals surface area contributed by atoms with E-state index in [9.17, 15) is 14.7 Å². The number of nitrogens with zero attached hydrogens (tertiary/aromatic N) is 1. The second kappa shape index (κ2) is 6.98. The highest BCUT2D eigenvalue weighted by Crippen LogP contribution is 2.31. The van der Waals surface area contributed by atoms with Crippen LogP contribution in [-0.2, 0) is 14.3 Å². The summed E-state index contributed by atoms with van der Waals surface area (Å²) in [6, 6.07) is 1.03. The van der Waals surface area contributed by atoms with E-state index in [4.69, 9.17) is 10.5 Å². The van der Waals surface area contributed by atoms with Gasteiger partial charge in [-0.1, -0.05) is 0 Å². The normalized spacial score (nSPS) is 24.2. The first kappa shape index (κ1) is 17.9. The molecule has 128 valence electrons. The van der Waals surface area contributed by atoms with Crippen LogP contribution in [0.5, 0.6) is 0 Å². The molecule has 0 aromatic carbocycles. The summed E-state index contributed by atoms with van der Waals surface area (Å²) in [4.78, 5) is 25.6. The fourth-order valence-electron chi connectivity index (χ4n) is 2.84. The molecule has 1 aromatic rings. The third-order valence-electron chi connectivity index (χ3n) is 3.85. The Morgan fingerprint density at radius 2 is 2.17 bits per heavy atom. The molecule has 0 aliphatic carbocycles. The number of carboxylic acids is 1. The van der Waals surface area contributed by atoms with Crippen LogP contribution in [0.1, 0.15) is 45.2 Å². The van der Waals surface area contributed by atoms with E-state index in [0.29, 0.717) is 19.4 Å². The van der Waals surface area contributed by atoms with Crippen LogP contribution >= 0.6 is 11.3 Å². The summed E-state index contributed by atoms with van der Waals surface area (Å²) in [5, 5.41) is 13.2. The summed E-state index contributed by atoms with van der Waals surface area (Å²) in [6.45, 7) is 5.95. The van der Waals surface area contributed by atoms with Crippen molar-refractivity contribution < 1.29 is 19.4 Å². The van der Waals surface area contributed by atoms with E-state index in [1.165, 1.54) is 11.3 Å². The van der Waals surface area contributed by atoms with Gasteiger partial charge in [-0.05, 0) is 56.0 Å². The number of hydrogen-bond acceptors (Lipinski definition) is 6. The predicted octanol–water partition coefficient (Wildman–Crippen LogP) is 2.21. The summed E-state index contributed by atoms with van der Waals surface area (Å²) in [6.07, 6.45) is 0.474. The van der Waals surface area contributed by atoms with Crippen LogP contribution in [0.4, 0.5) is 0 Å². The minimum absolute atomic E-state index is 0.255. The smallest absolute Gasteiger partial charge is 0.325 e. The molecule has 1 fully saturated rings. The number of carboxylic acid groups (broad SMARTS) is 1. The van der Waals surface area contributed by atoms with Crippen LogP contribution in [0.15, 0.2) is 16.8 Å². The van der Waals surface area contributed by atoms with Crippen LogP contribution < -0.4 is 5.73 Å². The highest BCUT2D eigenvalue weighted by atomic mass is 32.1. The standard InChI is InChI=1S/C16H24N2O4S/c1-16(2,3)22-15(21)10-4-6-18(12(17)8-10)13(14(19)20)11-5-7-23-9-11/h5,7,9-10,12-13H,4,6,8,17H2,1-3H3,(H,19,20)/t10-,12-,13+/m1/s1. The number of piperidine rings is 1. The molecule has 23 heavy (non-hydrogen) atoms. The quantitative estimate of drug-likeness (QED) is 0.816. The SMILES string of the molecule is CC(C)(C)OC(=O)[C@@H]1CCN([C@H](C(=O)O)c2ccsc2)[C@@H](N)C1. The predicted molar refractivity (Wildman–Crippen MR) is 87.9 cm³/mol. The van der Waals surface area contributed by atoms with E-state index in [1.807, 2.05) is 31.5 Å². The summed E-state index contributed by atoms with van der Waals surface area (Å²) in [5.74, 6) is -1.46. The maximum absolute atomic E-state index is 12.2. The molecule has 0 spiro atoms. The van der Waals surface area contributed by atoms with Gasteiger partial charge in [0.15, 0.2) is 0 Å². The summed E-state index contributed by atoms with van der Waals surface area (Å²) in [5.41, 5.74) is 6.38. The number of nitrogens with two attached hydrogens (primary N) is 1. The van der Waals surface area contributed by atoms with Crippen molar-refractivity contribution in [2.75, 3.05) is 6.54 Å². The van der Waals surface area contributed by atoms with Gasteiger partial charge in [0.1, 0.15) is 11.6 Å². The van der Waals surface area contributed by atoms with Crippen LogP contribution in [0.2, 0.25) is 0 Å². The second-order valence-corrected chi connectivity index (χ2v) is 7.64. The van der Waals surface area contributed by atoms with Gasteiger partial charge in [0.05, 0.1) is 12.1 Å². The van der Waals surface area contributed by atoms with Crippen molar-refractivity contribution in [1.29, 1.82) is 0 Å². The molecule has 2 heterocycles. The number of esters is 1. The van der Waals surface area contributed by atoms with Gasteiger partial charge in [-0.25, -0.2) is 0 Å². The number of carbonyl (C=O) groups excluding carboxylic acids is 1. The minimum Gasteiger partial charge on any atom is -0.480 e. The maximum Gasteiger partial charge on any atom is 0.325 e. The first-order chi connectivity index (χ1) is 10.7. The molecule has 7 heteroatoms. The lowest BCUT2D eigenvalue weighted by Gasteiger charge is -2.40. The lowest BCUT2D eigenvalue weighted by atomic mass is 9.92. The van der Waals surface area contributed by atoms with Crippen molar-refractivity contribution in [2.45, 2.75) is 51.4 Å². The van der Waals surface area contributed by atoms with Gasteiger partial charge >= 0.3 is 11.9 Å². The van der Waals surface area contributed by atoms with Gasteiger partial charge in [-0.15, -0.1) is 0 Å². The maximum atomic E-state index is 12.2. The molecule has 0 unspecified atom stereocenters. The molecule has 0 amide bonds. The lowest BCUT2D eigenvalue weighted by Crippen LogP contribution is -2.52. The molecule has 2 rings (SSSR count). The van der Waals surface area contributed by atoms with Crippen molar-refractivity contribution in [3.8, 4) is 0 Å². The van der Waals surface area contributed by atoms with Gasteiger partial charge in [0.25, 0.3) is 0 Å². The zero-order chi connectivity index (χ0) is 17.2. The monoisotopic (exact) mass is 340 g/mol. The Morgan fingerprint density at radius 3 is 2.65 bits per heavy atom. The summed E-state index contributed by atoms with van der Waals surface area (Å²) in [7, 11) is 0. The highest BCUT2D eigenvalue weighted by Gasteiger charge is 2.38. The molecule has 1 aliphatic rings. The Bertz CT molecular complexity index is 553. The number of ether oxygens (including phenoxy) is 1. The molecule has 3 atom stereocenters. The number of carbonyl (C=O) groups is 2. The van der Waals surface area contributed by atoms with E-state index in [0.717, 1.165) is 5.56 Å². The summed E-state index contributed by atoms with van der Waals surface area (Å²) >= 11 is 1.46. The van der Waals surface area contributed by atoms with E-state index in [-0.39, 0.29) is 11.9 Å². The Morgan fingerprint density at radius 1 is 1.48 bits per heavy atom. The topological polar surface area (TPSA) is 92.9 Å². The Balaban J connectivity index is 2.06. The van der Waals surface area contributed by atoms with Gasteiger partial charge in [0.2, 0.25) is 0 Å². The molecule has 1 saturated heterocycles. The van der Waals surface area contributed by atoms with Gasteiger partial charge < -0.3 is 15.6 Å². The molecule has 0 bridgehead atoms. The molecule has 0 radical (unpaired) electrons. The van der Waals surface area contributed by atoms with Crippen molar-refractivity contribution in [1.82, 2.24) is 4.90 Å². The minimum atomic E-state index is -0.922. The first-order valence-electron chi connectivity index (χ1n) is 7.68. The summed E-state index contributed by atoms with van der Waals surface area (Å²) < 4.78 is 5.41. The highest BCUT2D eigenvalue weighted by molar-refractivity contribution is 7.08. The van der Waals surface area contributed by atoms with E-state index >= 15 is 0 Å². The largest absolute Gasteiger partial charge is 0.480 e. The van der Waals surface area contributed by atoms with E-state index in [2.05, 4.69) is 0 Å². The van der Waals surface area contributed by atoms with E-state index in [1.54, 1.807) is 11.0 Å². The zero-order valence-electron chi connectivity index (χ0n) is 13.7. The van der Waals surface area contributed by atoms with Crippen molar-refractivity contribution in [2.24, 2.45) is 11.7 Å².